The Kier molecular flexibility index (Phi) is 4.47. The monoisotopic (exact) mass is 279 g/mol. The molecule has 15 heavy (non-hydrogen) atoms. The summed E-state index contributed by atoms with van der Waals surface area (Å²) in [5.74, 6) is -1.34. The van der Waals surface area contributed by atoms with Gasteiger partial charge in [0.1, 0.15) is 17.3 Å². The Balaban J connectivity index is 2.77. The van der Waals surface area contributed by atoms with Crippen molar-refractivity contribution in [2.45, 2.75) is 6.92 Å². The summed E-state index contributed by atoms with van der Waals surface area (Å²) in [7, 11) is 0. The highest BCUT2D eigenvalue weighted by Crippen LogP contribution is 2.23. The predicted octanol–water partition coefficient (Wildman–Crippen LogP) is 2.77. The van der Waals surface area contributed by atoms with Crippen LogP contribution in [0.5, 0.6) is 0 Å². The molecule has 0 radical (unpaired) electrons. The summed E-state index contributed by atoms with van der Waals surface area (Å²) in [5.41, 5.74) is -0.154. The lowest BCUT2D eigenvalue weighted by atomic mass is 10.2. The Morgan fingerprint density at radius 1 is 1.40 bits per heavy atom. The van der Waals surface area contributed by atoms with Crippen LogP contribution in [0.1, 0.15) is 6.92 Å². The van der Waals surface area contributed by atoms with Gasteiger partial charge in [-0.3, -0.25) is 0 Å². The highest BCUT2D eigenvalue weighted by atomic mass is 79.9. The molecule has 1 aromatic rings. The van der Waals surface area contributed by atoms with Crippen LogP contribution in [-0.2, 0) is 0 Å². The van der Waals surface area contributed by atoms with E-state index in [1.807, 2.05) is 0 Å². The van der Waals surface area contributed by atoms with Gasteiger partial charge < -0.3 is 10.4 Å². The van der Waals surface area contributed by atoms with Gasteiger partial charge in [0.15, 0.2) is 0 Å². The van der Waals surface area contributed by atoms with Crippen LogP contribution in [0.25, 0.3) is 0 Å². The molecular formula is C10H12BrF2NO. The highest BCUT2D eigenvalue weighted by Gasteiger charge is 2.10. The average Bonchev–Trinajstić information content (AvgIpc) is 2.15. The molecule has 5 heteroatoms. The van der Waals surface area contributed by atoms with Crippen molar-refractivity contribution in [2.24, 2.45) is 5.92 Å². The number of benzene rings is 1. The zero-order valence-corrected chi connectivity index (χ0v) is 9.81. The first kappa shape index (κ1) is 12.4. The molecule has 2 nitrogen and oxygen atoms in total. The minimum absolute atomic E-state index is 0.0211. The average molecular weight is 280 g/mol. The molecule has 0 saturated carbocycles. The summed E-state index contributed by atoms with van der Waals surface area (Å²) < 4.78 is 26.9. The topological polar surface area (TPSA) is 32.3 Å². The summed E-state index contributed by atoms with van der Waals surface area (Å²) in [5, 5.41) is 11.4. The number of nitrogens with one attached hydrogen (secondary N) is 1. The third-order valence-electron chi connectivity index (χ3n) is 1.95. The molecule has 0 aliphatic carbocycles. The Hall–Kier alpha value is -0.680. The van der Waals surface area contributed by atoms with Crippen LogP contribution in [-0.4, -0.2) is 18.3 Å². The van der Waals surface area contributed by atoms with Crippen LogP contribution in [0.2, 0.25) is 0 Å². The Labute approximate surface area is 95.4 Å². The summed E-state index contributed by atoms with van der Waals surface area (Å²) in [6.45, 7) is 2.08. The van der Waals surface area contributed by atoms with Crippen molar-refractivity contribution in [3.63, 3.8) is 0 Å². The van der Waals surface area contributed by atoms with Crippen LogP contribution in [0.3, 0.4) is 0 Å². The molecule has 84 valence electrons. The van der Waals surface area contributed by atoms with E-state index >= 15 is 0 Å². The van der Waals surface area contributed by atoms with Gasteiger partial charge in [0.25, 0.3) is 0 Å². The second kappa shape index (κ2) is 5.42. The summed E-state index contributed by atoms with van der Waals surface area (Å²) in [4.78, 5) is 0. The molecule has 0 aliphatic heterocycles. The zero-order valence-electron chi connectivity index (χ0n) is 8.23. The van der Waals surface area contributed by atoms with Gasteiger partial charge in [-0.1, -0.05) is 22.9 Å². The van der Waals surface area contributed by atoms with Crippen molar-refractivity contribution >= 4 is 21.6 Å². The van der Waals surface area contributed by atoms with E-state index in [-0.39, 0.29) is 18.2 Å². The van der Waals surface area contributed by atoms with E-state index in [4.69, 9.17) is 5.11 Å². The third-order valence-corrected chi connectivity index (χ3v) is 2.40. The molecule has 0 aliphatic rings. The Morgan fingerprint density at radius 3 is 2.40 bits per heavy atom. The largest absolute Gasteiger partial charge is 0.396 e. The molecule has 1 unspecified atom stereocenters. The van der Waals surface area contributed by atoms with Crippen LogP contribution in [0.15, 0.2) is 16.6 Å². The number of rotatable bonds is 4. The van der Waals surface area contributed by atoms with Gasteiger partial charge in [-0.05, 0) is 18.1 Å². The second-order valence-corrected chi connectivity index (χ2v) is 4.33. The third kappa shape index (κ3) is 3.43. The number of aliphatic hydroxyl groups excluding tert-OH is 1. The van der Waals surface area contributed by atoms with E-state index in [2.05, 4.69) is 21.2 Å². The summed E-state index contributed by atoms with van der Waals surface area (Å²) in [6.07, 6.45) is 0. The maximum absolute atomic E-state index is 13.3. The molecule has 0 saturated heterocycles. The molecule has 0 amide bonds. The van der Waals surface area contributed by atoms with Crippen molar-refractivity contribution in [1.82, 2.24) is 0 Å². The maximum atomic E-state index is 13.3. The Bertz CT molecular complexity index is 323. The Morgan fingerprint density at radius 2 is 1.93 bits per heavy atom. The van der Waals surface area contributed by atoms with E-state index < -0.39 is 11.6 Å². The fourth-order valence-electron chi connectivity index (χ4n) is 1.05. The van der Waals surface area contributed by atoms with E-state index in [1.165, 1.54) is 12.1 Å². The number of anilines is 1. The quantitative estimate of drug-likeness (QED) is 0.888. The van der Waals surface area contributed by atoms with Crippen molar-refractivity contribution in [3.8, 4) is 0 Å². The number of hydrogen-bond acceptors (Lipinski definition) is 2. The van der Waals surface area contributed by atoms with E-state index in [1.54, 1.807) is 6.92 Å². The molecular weight excluding hydrogens is 268 g/mol. The second-order valence-electron chi connectivity index (χ2n) is 3.41. The molecule has 0 fully saturated rings. The standard InChI is InChI=1S/C10H12BrF2NO/c1-6(5-15)4-14-10-8(12)2-7(11)3-9(10)13/h2-3,6,14-15H,4-5H2,1H3. The number of aliphatic hydroxyl groups is 1. The molecule has 1 aromatic carbocycles. The first-order chi connectivity index (χ1) is 7.04. The smallest absolute Gasteiger partial charge is 0.150 e. The summed E-state index contributed by atoms with van der Waals surface area (Å²) in [6, 6.07) is 2.38. The zero-order chi connectivity index (χ0) is 11.4. The fraction of sp³-hybridized carbons (Fsp3) is 0.400. The first-order valence-electron chi connectivity index (χ1n) is 4.54. The lowest BCUT2D eigenvalue weighted by Gasteiger charge is -2.12. The van der Waals surface area contributed by atoms with Crippen LogP contribution in [0.4, 0.5) is 14.5 Å². The van der Waals surface area contributed by atoms with Gasteiger partial charge in [0.2, 0.25) is 0 Å². The molecule has 0 bridgehead atoms. The van der Waals surface area contributed by atoms with Gasteiger partial charge in [-0.15, -0.1) is 0 Å². The molecule has 1 atom stereocenters. The molecule has 0 spiro atoms. The summed E-state index contributed by atoms with van der Waals surface area (Å²) >= 11 is 2.99. The first-order valence-corrected chi connectivity index (χ1v) is 5.33. The number of hydrogen-bond donors (Lipinski definition) is 2. The van der Waals surface area contributed by atoms with Gasteiger partial charge in [0.05, 0.1) is 0 Å². The SMILES string of the molecule is CC(CO)CNc1c(F)cc(Br)cc1F. The lowest BCUT2D eigenvalue weighted by molar-refractivity contribution is 0.244. The number of halogens is 3. The minimum atomic E-state index is -0.646. The highest BCUT2D eigenvalue weighted by molar-refractivity contribution is 9.10. The molecule has 0 aromatic heterocycles. The molecule has 0 heterocycles. The van der Waals surface area contributed by atoms with Gasteiger partial charge in [-0.2, -0.15) is 0 Å². The molecule has 1 rings (SSSR count). The maximum Gasteiger partial charge on any atom is 0.150 e. The van der Waals surface area contributed by atoms with Crippen molar-refractivity contribution in [1.29, 1.82) is 0 Å². The van der Waals surface area contributed by atoms with Gasteiger partial charge in [0, 0.05) is 17.6 Å². The van der Waals surface area contributed by atoms with Crippen molar-refractivity contribution in [2.75, 3.05) is 18.5 Å². The van der Waals surface area contributed by atoms with Crippen LogP contribution >= 0.6 is 15.9 Å². The minimum Gasteiger partial charge on any atom is -0.396 e. The van der Waals surface area contributed by atoms with Gasteiger partial charge in [-0.25, -0.2) is 8.78 Å². The fourth-order valence-corrected chi connectivity index (χ4v) is 1.45. The van der Waals surface area contributed by atoms with Crippen molar-refractivity contribution < 1.29 is 13.9 Å². The van der Waals surface area contributed by atoms with Crippen LogP contribution < -0.4 is 5.32 Å². The van der Waals surface area contributed by atoms with Crippen LogP contribution in [0, 0.1) is 17.6 Å². The predicted molar refractivity (Wildman–Crippen MR) is 58.8 cm³/mol. The van der Waals surface area contributed by atoms with E-state index in [9.17, 15) is 8.78 Å². The van der Waals surface area contributed by atoms with E-state index in [0.29, 0.717) is 11.0 Å². The van der Waals surface area contributed by atoms with E-state index in [0.717, 1.165) is 0 Å². The van der Waals surface area contributed by atoms with Gasteiger partial charge >= 0.3 is 0 Å². The van der Waals surface area contributed by atoms with Crippen molar-refractivity contribution in [3.05, 3.63) is 28.2 Å². The lowest BCUT2D eigenvalue weighted by Crippen LogP contribution is -2.16. The molecule has 2 N–H and O–H groups in total. The normalized spacial score (nSPS) is 12.6.